The predicted octanol–water partition coefficient (Wildman–Crippen LogP) is 1.79. The zero-order valence-corrected chi connectivity index (χ0v) is 15.4. The number of aromatic nitrogens is 1. The monoisotopic (exact) mass is 347 g/mol. The molecule has 2 heterocycles. The van der Waals surface area contributed by atoms with Crippen molar-refractivity contribution >= 4 is 17.7 Å². The van der Waals surface area contributed by atoms with Gasteiger partial charge in [0.2, 0.25) is 5.91 Å². The van der Waals surface area contributed by atoms with E-state index in [4.69, 9.17) is 4.74 Å². The van der Waals surface area contributed by atoms with Crippen molar-refractivity contribution in [3.63, 3.8) is 0 Å². The molecule has 25 heavy (non-hydrogen) atoms. The van der Waals surface area contributed by atoms with Gasteiger partial charge in [-0.3, -0.25) is 9.79 Å². The fourth-order valence-electron chi connectivity index (χ4n) is 2.91. The van der Waals surface area contributed by atoms with Crippen LogP contribution in [0.2, 0.25) is 0 Å². The molecule has 1 aromatic rings. The van der Waals surface area contributed by atoms with Crippen molar-refractivity contribution in [1.82, 2.24) is 15.2 Å². The van der Waals surface area contributed by atoms with Crippen LogP contribution in [0.25, 0.3) is 0 Å². The first-order valence-electron chi connectivity index (χ1n) is 8.93. The average Bonchev–Trinajstić information content (AvgIpc) is 2.60. The lowest BCUT2D eigenvalue weighted by Gasteiger charge is -2.34. The minimum Gasteiger partial charge on any atom is -0.378 e. The van der Waals surface area contributed by atoms with Gasteiger partial charge < -0.3 is 20.3 Å². The van der Waals surface area contributed by atoms with Crippen molar-refractivity contribution in [2.45, 2.75) is 39.2 Å². The zero-order chi connectivity index (χ0) is 18.1. The van der Waals surface area contributed by atoms with Crippen LogP contribution < -0.4 is 10.6 Å². The number of aliphatic imine (C=N–C) groups is 1. The molecule has 1 fully saturated rings. The Morgan fingerprint density at radius 3 is 2.80 bits per heavy atom. The SMILES string of the molecule is CCOC1CCN(C(=NC)NCCC(=O)Nc2cccc(C)n2)CC1. The van der Waals surface area contributed by atoms with Crippen LogP contribution in [0.5, 0.6) is 0 Å². The quantitative estimate of drug-likeness (QED) is 0.606. The summed E-state index contributed by atoms with van der Waals surface area (Å²) in [7, 11) is 1.77. The summed E-state index contributed by atoms with van der Waals surface area (Å²) in [6, 6.07) is 5.57. The maximum absolute atomic E-state index is 12.0. The largest absolute Gasteiger partial charge is 0.378 e. The van der Waals surface area contributed by atoms with Gasteiger partial charge in [0, 0.05) is 45.4 Å². The summed E-state index contributed by atoms with van der Waals surface area (Å²) in [4.78, 5) is 22.8. The number of amides is 1. The van der Waals surface area contributed by atoms with Crippen molar-refractivity contribution in [2.24, 2.45) is 4.99 Å². The van der Waals surface area contributed by atoms with Gasteiger partial charge in [-0.15, -0.1) is 0 Å². The van der Waals surface area contributed by atoms with Gasteiger partial charge in [0.1, 0.15) is 5.82 Å². The number of pyridine rings is 1. The fraction of sp³-hybridized carbons (Fsp3) is 0.611. The molecular formula is C18H29N5O2. The number of aryl methyl sites for hydroxylation is 1. The Morgan fingerprint density at radius 1 is 1.40 bits per heavy atom. The van der Waals surface area contributed by atoms with Gasteiger partial charge in [-0.25, -0.2) is 4.98 Å². The first-order chi connectivity index (χ1) is 12.1. The minimum absolute atomic E-state index is 0.0592. The summed E-state index contributed by atoms with van der Waals surface area (Å²) < 4.78 is 5.68. The second-order valence-corrected chi connectivity index (χ2v) is 6.08. The summed E-state index contributed by atoms with van der Waals surface area (Å²) in [5, 5.41) is 6.08. The van der Waals surface area contributed by atoms with Gasteiger partial charge in [-0.1, -0.05) is 6.07 Å². The predicted molar refractivity (Wildman–Crippen MR) is 99.8 cm³/mol. The molecule has 0 atom stereocenters. The topological polar surface area (TPSA) is 78.8 Å². The van der Waals surface area contributed by atoms with E-state index in [-0.39, 0.29) is 5.91 Å². The van der Waals surface area contributed by atoms with Crippen LogP contribution >= 0.6 is 0 Å². The van der Waals surface area contributed by atoms with Crippen molar-refractivity contribution in [3.05, 3.63) is 23.9 Å². The molecule has 1 aromatic heterocycles. The molecular weight excluding hydrogens is 318 g/mol. The van der Waals surface area contributed by atoms with E-state index in [1.165, 1.54) is 0 Å². The van der Waals surface area contributed by atoms with Crippen molar-refractivity contribution < 1.29 is 9.53 Å². The molecule has 0 unspecified atom stereocenters. The first-order valence-corrected chi connectivity index (χ1v) is 8.93. The molecule has 2 N–H and O–H groups in total. The van der Waals surface area contributed by atoms with Gasteiger partial charge in [0.15, 0.2) is 5.96 Å². The van der Waals surface area contributed by atoms with Crippen LogP contribution in [-0.4, -0.2) is 61.1 Å². The standard InChI is InChI=1S/C18H29N5O2/c1-4-25-15-9-12-23(13-10-15)18(19-3)20-11-8-17(24)22-16-7-5-6-14(2)21-16/h5-7,15H,4,8-13H2,1-3H3,(H,19,20)(H,21,22,24). The Labute approximate surface area is 149 Å². The number of piperidine rings is 1. The summed E-state index contributed by atoms with van der Waals surface area (Å²) in [6.07, 6.45) is 2.73. The number of rotatable bonds is 6. The van der Waals surface area contributed by atoms with Gasteiger partial charge in [-0.05, 0) is 38.8 Å². The minimum atomic E-state index is -0.0592. The van der Waals surface area contributed by atoms with Crippen LogP contribution in [0.1, 0.15) is 31.9 Å². The number of hydrogen-bond donors (Lipinski definition) is 2. The second-order valence-electron chi connectivity index (χ2n) is 6.08. The summed E-state index contributed by atoms with van der Waals surface area (Å²) in [5.74, 6) is 1.37. The van der Waals surface area contributed by atoms with E-state index in [1.54, 1.807) is 13.1 Å². The zero-order valence-electron chi connectivity index (χ0n) is 15.4. The van der Waals surface area contributed by atoms with E-state index in [2.05, 4.69) is 25.5 Å². The van der Waals surface area contributed by atoms with Crippen LogP contribution in [0.4, 0.5) is 5.82 Å². The highest BCUT2D eigenvalue weighted by atomic mass is 16.5. The first kappa shape index (κ1) is 19.2. The molecule has 7 nitrogen and oxygen atoms in total. The van der Waals surface area contributed by atoms with Crippen molar-refractivity contribution in [1.29, 1.82) is 0 Å². The van der Waals surface area contributed by atoms with Crippen molar-refractivity contribution in [2.75, 3.05) is 38.6 Å². The molecule has 0 aromatic carbocycles. The molecule has 1 amide bonds. The van der Waals surface area contributed by atoms with Crippen LogP contribution in [0.3, 0.4) is 0 Å². The number of guanidine groups is 1. The maximum atomic E-state index is 12.0. The third kappa shape index (κ3) is 6.34. The number of nitrogens with zero attached hydrogens (tertiary/aromatic N) is 3. The number of ether oxygens (including phenoxy) is 1. The molecule has 7 heteroatoms. The van der Waals surface area contributed by atoms with E-state index in [1.807, 2.05) is 26.0 Å². The van der Waals surface area contributed by atoms with E-state index in [0.29, 0.717) is 24.9 Å². The fourth-order valence-corrected chi connectivity index (χ4v) is 2.91. The third-order valence-electron chi connectivity index (χ3n) is 4.15. The van der Waals surface area contributed by atoms with Crippen LogP contribution in [0, 0.1) is 6.92 Å². The molecule has 1 saturated heterocycles. The molecule has 2 rings (SSSR count). The van der Waals surface area contributed by atoms with Crippen LogP contribution in [0.15, 0.2) is 23.2 Å². The van der Waals surface area contributed by atoms with Gasteiger partial charge in [0.25, 0.3) is 0 Å². The van der Waals surface area contributed by atoms with E-state index in [9.17, 15) is 4.79 Å². The molecule has 138 valence electrons. The molecule has 1 aliphatic rings. The molecule has 1 aliphatic heterocycles. The number of hydrogen-bond acceptors (Lipinski definition) is 4. The number of likely N-dealkylation sites (tertiary alicyclic amines) is 1. The molecule has 0 saturated carbocycles. The lowest BCUT2D eigenvalue weighted by Crippen LogP contribution is -2.47. The van der Waals surface area contributed by atoms with E-state index in [0.717, 1.165) is 44.2 Å². The lowest BCUT2D eigenvalue weighted by molar-refractivity contribution is -0.116. The Balaban J connectivity index is 1.71. The second kappa shape index (κ2) is 9.98. The Hall–Kier alpha value is -2.15. The number of anilines is 1. The Kier molecular flexibility index (Phi) is 7.66. The van der Waals surface area contributed by atoms with Gasteiger partial charge >= 0.3 is 0 Å². The smallest absolute Gasteiger partial charge is 0.227 e. The van der Waals surface area contributed by atoms with Crippen molar-refractivity contribution in [3.8, 4) is 0 Å². The molecule has 0 spiro atoms. The number of carbonyl (C=O) groups excluding carboxylic acids is 1. The molecule has 0 radical (unpaired) electrons. The highest BCUT2D eigenvalue weighted by Crippen LogP contribution is 2.13. The number of carbonyl (C=O) groups is 1. The number of nitrogens with one attached hydrogen (secondary N) is 2. The van der Waals surface area contributed by atoms with E-state index >= 15 is 0 Å². The summed E-state index contributed by atoms with van der Waals surface area (Å²) >= 11 is 0. The normalized spacial score (nSPS) is 16.0. The molecule has 0 bridgehead atoms. The highest BCUT2D eigenvalue weighted by molar-refractivity contribution is 5.90. The maximum Gasteiger partial charge on any atom is 0.227 e. The highest BCUT2D eigenvalue weighted by Gasteiger charge is 2.21. The summed E-state index contributed by atoms with van der Waals surface area (Å²) in [5.41, 5.74) is 0.881. The van der Waals surface area contributed by atoms with E-state index < -0.39 is 0 Å². The third-order valence-corrected chi connectivity index (χ3v) is 4.15. The Bertz CT molecular complexity index is 583. The summed E-state index contributed by atoms with van der Waals surface area (Å²) in [6.45, 7) is 7.08. The van der Waals surface area contributed by atoms with Gasteiger partial charge in [0.05, 0.1) is 6.10 Å². The van der Waals surface area contributed by atoms with Crippen LogP contribution in [-0.2, 0) is 9.53 Å². The Morgan fingerprint density at radius 2 is 2.16 bits per heavy atom. The lowest BCUT2D eigenvalue weighted by atomic mass is 10.1. The molecule has 0 aliphatic carbocycles. The van der Waals surface area contributed by atoms with Gasteiger partial charge in [-0.2, -0.15) is 0 Å². The average molecular weight is 347 g/mol.